The topological polar surface area (TPSA) is 73.1 Å². The molecular weight excluding hydrogens is 327 g/mol. The standard InChI is InChI=1S/C14H15FN2O3S2/c1-17-10(14(19)20)6-22-13(17)9-5-21-12(16-9)8-4-7(15)2-3-11(8)18/h2-4,9-10,13,18H,5-6H2,1H3,(H,19,20). The molecule has 2 aliphatic heterocycles. The third-order valence-corrected chi connectivity index (χ3v) is 6.40. The Hall–Kier alpha value is -1.25. The first kappa shape index (κ1) is 15.6. The van der Waals surface area contributed by atoms with Gasteiger partial charge < -0.3 is 10.2 Å². The Bertz CT molecular complexity index is 641. The molecule has 2 N–H and O–H groups in total. The van der Waals surface area contributed by atoms with Crippen LogP contribution in [0.15, 0.2) is 23.2 Å². The molecule has 0 aromatic heterocycles. The Labute approximate surface area is 135 Å². The highest BCUT2D eigenvalue weighted by atomic mass is 32.2. The van der Waals surface area contributed by atoms with Crippen LogP contribution in [0.1, 0.15) is 5.56 Å². The van der Waals surface area contributed by atoms with Gasteiger partial charge in [0.15, 0.2) is 0 Å². The van der Waals surface area contributed by atoms with Crippen LogP contribution >= 0.6 is 23.5 Å². The summed E-state index contributed by atoms with van der Waals surface area (Å²) in [6, 6.07) is 3.23. The van der Waals surface area contributed by atoms with Gasteiger partial charge in [-0.05, 0) is 25.2 Å². The molecular formula is C14H15FN2O3S2. The minimum Gasteiger partial charge on any atom is -0.507 e. The molecule has 2 aliphatic rings. The molecule has 118 valence electrons. The maximum Gasteiger partial charge on any atom is 0.321 e. The number of rotatable bonds is 3. The van der Waals surface area contributed by atoms with Crippen molar-refractivity contribution in [1.82, 2.24) is 4.90 Å². The number of carboxylic acid groups (broad SMARTS) is 1. The van der Waals surface area contributed by atoms with Crippen LogP contribution in [-0.2, 0) is 4.79 Å². The molecule has 1 aromatic rings. The number of nitrogens with zero attached hydrogens (tertiary/aromatic N) is 2. The number of benzene rings is 1. The monoisotopic (exact) mass is 342 g/mol. The lowest BCUT2D eigenvalue weighted by Crippen LogP contribution is -2.42. The van der Waals surface area contributed by atoms with Crippen LogP contribution < -0.4 is 0 Å². The predicted octanol–water partition coefficient (Wildman–Crippen LogP) is 1.85. The average Bonchev–Trinajstić information content (AvgIpc) is 3.07. The Morgan fingerprint density at radius 2 is 2.23 bits per heavy atom. The third kappa shape index (κ3) is 2.82. The first-order valence-electron chi connectivity index (χ1n) is 6.73. The summed E-state index contributed by atoms with van der Waals surface area (Å²) >= 11 is 3.04. The van der Waals surface area contributed by atoms with Crippen LogP contribution in [0.5, 0.6) is 5.75 Å². The Kier molecular flexibility index (Phi) is 4.33. The van der Waals surface area contributed by atoms with E-state index >= 15 is 0 Å². The quantitative estimate of drug-likeness (QED) is 0.873. The zero-order chi connectivity index (χ0) is 15.9. The highest BCUT2D eigenvalue weighted by Gasteiger charge is 2.41. The molecule has 1 saturated heterocycles. The highest BCUT2D eigenvalue weighted by Crippen LogP contribution is 2.37. The molecule has 8 heteroatoms. The lowest BCUT2D eigenvalue weighted by atomic mass is 10.2. The molecule has 0 aliphatic carbocycles. The van der Waals surface area contributed by atoms with Crippen LogP contribution in [0, 0.1) is 5.82 Å². The number of phenols is 1. The summed E-state index contributed by atoms with van der Waals surface area (Å²) in [6.07, 6.45) is 0. The fourth-order valence-corrected chi connectivity index (χ4v) is 5.35. The minimum atomic E-state index is -0.824. The van der Waals surface area contributed by atoms with Gasteiger partial charge >= 0.3 is 5.97 Å². The zero-order valence-electron chi connectivity index (χ0n) is 11.8. The zero-order valence-corrected chi connectivity index (χ0v) is 13.4. The van der Waals surface area contributed by atoms with Crippen LogP contribution in [0.2, 0.25) is 0 Å². The molecule has 1 aromatic carbocycles. The van der Waals surface area contributed by atoms with Crippen LogP contribution in [0.4, 0.5) is 4.39 Å². The van der Waals surface area contributed by atoms with E-state index < -0.39 is 17.8 Å². The Morgan fingerprint density at radius 1 is 1.45 bits per heavy atom. The van der Waals surface area contributed by atoms with E-state index in [9.17, 15) is 19.4 Å². The van der Waals surface area contributed by atoms with Crippen molar-refractivity contribution >= 4 is 34.5 Å². The van der Waals surface area contributed by atoms with E-state index in [1.54, 1.807) is 18.8 Å². The van der Waals surface area contributed by atoms with Crippen molar-refractivity contribution in [2.45, 2.75) is 17.5 Å². The molecule has 1 fully saturated rings. The van der Waals surface area contributed by atoms with Crippen molar-refractivity contribution in [3.05, 3.63) is 29.6 Å². The van der Waals surface area contributed by atoms with Crippen molar-refractivity contribution in [3.63, 3.8) is 0 Å². The molecule has 2 heterocycles. The second-order valence-corrected chi connectivity index (χ2v) is 7.38. The maximum atomic E-state index is 13.3. The summed E-state index contributed by atoms with van der Waals surface area (Å²) < 4.78 is 13.3. The summed E-state index contributed by atoms with van der Waals surface area (Å²) in [6.45, 7) is 0. The molecule has 5 nitrogen and oxygen atoms in total. The number of hydrogen-bond donors (Lipinski definition) is 2. The van der Waals surface area contributed by atoms with Gasteiger partial charge in [-0.25, -0.2) is 4.39 Å². The Morgan fingerprint density at radius 3 is 2.91 bits per heavy atom. The number of aliphatic carboxylic acids is 1. The summed E-state index contributed by atoms with van der Waals surface area (Å²) in [4.78, 5) is 17.6. The van der Waals surface area contributed by atoms with E-state index in [-0.39, 0.29) is 17.2 Å². The maximum absolute atomic E-state index is 13.3. The van der Waals surface area contributed by atoms with Gasteiger partial charge in [0.1, 0.15) is 22.7 Å². The Balaban J connectivity index is 1.80. The summed E-state index contributed by atoms with van der Waals surface area (Å²) in [5.74, 6) is -0.00925. The largest absolute Gasteiger partial charge is 0.507 e. The van der Waals surface area contributed by atoms with Crippen molar-refractivity contribution in [2.24, 2.45) is 4.99 Å². The van der Waals surface area contributed by atoms with Crippen molar-refractivity contribution < 1.29 is 19.4 Å². The molecule has 0 amide bonds. The molecule has 0 radical (unpaired) electrons. The van der Waals surface area contributed by atoms with Crippen LogP contribution in [-0.4, -0.2) is 62.1 Å². The van der Waals surface area contributed by atoms with Gasteiger partial charge in [-0.1, -0.05) is 0 Å². The van der Waals surface area contributed by atoms with E-state index in [0.29, 0.717) is 22.1 Å². The molecule has 22 heavy (non-hydrogen) atoms. The highest BCUT2D eigenvalue weighted by molar-refractivity contribution is 8.14. The first-order valence-corrected chi connectivity index (χ1v) is 8.76. The number of thioether (sulfide) groups is 2. The summed E-state index contributed by atoms with van der Waals surface area (Å²) in [5.41, 5.74) is 0.396. The normalized spacial score (nSPS) is 28.8. The molecule has 0 bridgehead atoms. The molecule has 0 saturated carbocycles. The molecule has 0 spiro atoms. The van der Waals surface area contributed by atoms with Gasteiger partial charge in [0.25, 0.3) is 0 Å². The first-order chi connectivity index (χ1) is 10.5. The number of carboxylic acids is 1. The second-order valence-electron chi connectivity index (χ2n) is 5.22. The number of carbonyl (C=O) groups is 1. The summed E-state index contributed by atoms with van der Waals surface area (Å²) in [5, 5.41) is 19.6. The van der Waals surface area contributed by atoms with Crippen LogP contribution in [0.3, 0.4) is 0 Å². The van der Waals surface area contributed by atoms with Crippen LogP contribution in [0.25, 0.3) is 0 Å². The van der Waals surface area contributed by atoms with Gasteiger partial charge in [-0.15, -0.1) is 23.5 Å². The van der Waals surface area contributed by atoms with Gasteiger partial charge in [-0.3, -0.25) is 14.7 Å². The number of hydrogen-bond acceptors (Lipinski definition) is 6. The van der Waals surface area contributed by atoms with Crippen molar-refractivity contribution in [3.8, 4) is 5.75 Å². The molecule has 3 unspecified atom stereocenters. The lowest BCUT2D eigenvalue weighted by Gasteiger charge is -2.24. The molecule has 3 atom stereocenters. The number of likely N-dealkylation sites (N-methyl/N-ethyl adjacent to an activating group) is 1. The third-order valence-electron chi connectivity index (χ3n) is 3.79. The molecule has 3 rings (SSSR count). The van der Waals surface area contributed by atoms with Crippen molar-refractivity contribution in [2.75, 3.05) is 18.6 Å². The van der Waals surface area contributed by atoms with Gasteiger partial charge in [-0.2, -0.15) is 0 Å². The smallest absolute Gasteiger partial charge is 0.321 e. The van der Waals surface area contributed by atoms with Crippen molar-refractivity contribution in [1.29, 1.82) is 0 Å². The fourth-order valence-electron chi connectivity index (χ4n) is 2.59. The number of halogens is 1. The van der Waals surface area contributed by atoms with Gasteiger partial charge in [0.2, 0.25) is 0 Å². The number of phenolic OH excluding ortho intramolecular Hbond substituents is 1. The predicted molar refractivity (Wildman–Crippen MR) is 86.3 cm³/mol. The average molecular weight is 342 g/mol. The SMILES string of the molecule is CN1C(C(=O)O)CSC1C1CSC(c2cc(F)ccc2O)=N1. The van der Waals surface area contributed by atoms with E-state index in [0.717, 1.165) is 0 Å². The number of aliphatic imine (C=N–C) groups is 1. The van der Waals surface area contributed by atoms with E-state index in [2.05, 4.69) is 4.99 Å². The van der Waals surface area contributed by atoms with Gasteiger partial charge in [0.05, 0.1) is 17.0 Å². The minimum absolute atomic E-state index is 0.00384. The lowest BCUT2D eigenvalue weighted by molar-refractivity contribution is -0.141. The fraction of sp³-hybridized carbons (Fsp3) is 0.429. The van der Waals surface area contributed by atoms with E-state index in [1.165, 1.54) is 30.0 Å². The summed E-state index contributed by atoms with van der Waals surface area (Å²) in [7, 11) is 1.79. The van der Waals surface area contributed by atoms with E-state index in [4.69, 9.17) is 0 Å². The second kappa shape index (κ2) is 6.10. The van der Waals surface area contributed by atoms with Gasteiger partial charge in [0, 0.05) is 11.5 Å². The van der Waals surface area contributed by atoms with E-state index in [1.807, 2.05) is 4.90 Å². The number of aromatic hydroxyl groups is 1.